The van der Waals surface area contributed by atoms with E-state index in [0.29, 0.717) is 5.57 Å². The van der Waals surface area contributed by atoms with E-state index in [9.17, 15) is 4.79 Å². The van der Waals surface area contributed by atoms with E-state index in [2.05, 4.69) is 38.7 Å². The average molecular weight is 284 g/mol. The van der Waals surface area contributed by atoms with Crippen molar-refractivity contribution in [2.24, 2.45) is 5.41 Å². The Morgan fingerprint density at radius 1 is 1.29 bits per heavy atom. The smallest absolute Gasteiger partial charge is 0.328 e. The Kier molecular flexibility index (Phi) is 6.24. The van der Waals surface area contributed by atoms with Gasteiger partial charge in [-0.1, -0.05) is 43.4 Å². The summed E-state index contributed by atoms with van der Waals surface area (Å²) in [5, 5.41) is 8.58. The summed E-state index contributed by atoms with van der Waals surface area (Å²) >= 11 is 0. The van der Waals surface area contributed by atoms with Crippen molar-refractivity contribution in [3.05, 3.63) is 47.1 Å². The van der Waals surface area contributed by atoms with Crippen LogP contribution in [0.4, 0.5) is 0 Å². The predicted molar refractivity (Wildman–Crippen MR) is 87.8 cm³/mol. The summed E-state index contributed by atoms with van der Waals surface area (Å²) in [7, 11) is 0. The van der Waals surface area contributed by atoms with Crippen molar-refractivity contribution in [1.29, 1.82) is 0 Å². The van der Waals surface area contributed by atoms with E-state index >= 15 is 0 Å². The highest BCUT2D eigenvalue weighted by Crippen LogP contribution is 2.40. The molecule has 0 unspecified atom stereocenters. The van der Waals surface area contributed by atoms with E-state index in [4.69, 9.17) is 5.11 Å². The van der Waals surface area contributed by atoms with Gasteiger partial charge >= 0.3 is 5.97 Å². The molecule has 0 fully saturated rings. The van der Waals surface area contributed by atoms with Crippen molar-refractivity contribution < 1.29 is 9.90 Å². The third kappa shape index (κ3) is 5.87. The largest absolute Gasteiger partial charge is 0.478 e. The summed E-state index contributed by atoms with van der Waals surface area (Å²) in [4.78, 5) is 10.4. The Labute approximate surface area is 127 Å². The molecule has 0 heterocycles. The Morgan fingerprint density at radius 2 is 1.95 bits per heavy atom. The molecule has 0 amide bonds. The minimum absolute atomic E-state index is 0.233. The van der Waals surface area contributed by atoms with Crippen molar-refractivity contribution in [3.63, 3.8) is 0 Å². The van der Waals surface area contributed by atoms with E-state index < -0.39 is 5.97 Å². The third-order valence-electron chi connectivity index (χ3n) is 3.74. The molecule has 0 atom stereocenters. The standard InChI is InChI=1S/C19H24O2/c1-15(14-18(20)21)10-7-5-6-8-12-17-16(2)11-9-13-19(17,3)4/h7-8,10,12,14H,9,11,13H2,1-4H3,(H,20,21)/b10-7+,12-8+,15-14+. The molecule has 0 aliphatic heterocycles. The first-order valence-corrected chi connectivity index (χ1v) is 7.28. The summed E-state index contributed by atoms with van der Waals surface area (Å²) in [5.41, 5.74) is 3.76. The lowest BCUT2D eigenvalue weighted by Gasteiger charge is -2.32. The summed E-state index contributed by atoms with van der Waals surface area (Å²) in [6.45, 7) is 8.50. The molecule has 0 saturated carbocycles. The number of hydrogen-bond donors (Lipinski definition) is 1. The van der Waals surface area contributed by atoms with Gasteiger partial charge in [-0.3, -0.25) is 0 Å². The number of carbonyl (C=O) groups is 1. The second-order valence-electron chi connectivity index (χ2n) is 6.11. The number of carboxylic acid groups (broad SMARTS) is 1. The first-order chi connectivity index (χ1) is 9.83. The highest BCUT2D eigenvalue weighted by atomic mass is 16.4. The van der Waals surface area contributed by atoms with Gasteiger partial charge in [-0.05, 0) is 61.8 Å². The van der Waals surface area contributed by atoms with Crippen LogP contribution in [0.5, 0.6) is 0 Å². The molecule has 1 aliphatic rings. The zero-order valence-electron chi connectivity index (χ0n) is 13.4. The molecule has 1 rings (SSSR count). The zero-order valence-corrected chi connectivity index (χ0v) is 13.4. The van der Waals surface area contributed by atoms with Crippen LogP contribution in [0, 0.1) is 17.3 Å². The number of hydrogen-bond acceptors (Lipinski definition) is 1. The molecular weight excluding hydrogens is 260 g/mol. The summed E-state index contributed by atoms with van der Waals surface area (Å²) in [6, 6.07) is 0. The van der Waals surface area contributed by atoms with E-state index in [1.807, 2.05) is 6.08 Å². The minimum atomic E-state index is -0.938. The van der Waals surface area contributed by atoms with Gasteiger partial charge in [0.15, 0.2) is 0 Å². The molecule has 1 aliphatic carbocycles. The molecule has 0 aromatic heterocycles. The summed E-state index contributed by atoms with van der Waals surface area (Å²) in [6.07, 6.45) is 12.2. The number of allylic oxidation sites excluding steroid dienone is 7. The molecule has 0 aromatic rings. The molecule has 2 nitrogen and oxygen atoms in total. The van der Waals surface area contributed by atoms with Crippen molar-refractivity contribution in [1.82, 2.24) is 0 Å². The zero-order chi connectivity index (χ0) is 15.9. The van der Waals surface area contributed by atoms with Gasteiger partial charge in [0.1, 0.15) is 0 Å². The highest BCUT2D eigenvalue weighted by molar-refractivity contribution is 5.81. The monoisotopic (exact) mass is 284 g/mol. The molecule has 112 valence electrons. The Morgan fingerprint density at radius 3 is 2.57 bits per heavy atom. The van der Waals surface area contributed by atoms with Crippen molar-refractivity contribution in [2.75, 3.05) is 0 Å². The molecule has 0 bridgehead atoms. The van der Waals surface area contributed by atoms with Crippen LogP contribution in [0.25, 0.3) is 0 Å². The molecule has 1 N–H and O–H groups in total. The maximum Gasteiger partial charge on any atom is 0.328 e. The lowest BCUT2D eigenvalue weighted by atomic mass is 9.73. The fourth-order valence-corrected chi connectivity index (χ4v) is 2.65. The van der Waals surface area contributed by atoms with Crippen LogP contribution in [-0.2, 0) is 4.79 Å². The van der Waals surface area contributed by atoms with Gasteiger partial charge in [0.05, 0.1) is 0 Å². The second kappa shape index (κ2) is 7.69. The van der Waals surface area contributed by atoms with Crippen LogP contribution in [0.15, 0.2) is 47.1 Å². The lowest BCUT2D eigenvalue weighted by molar-refractivity contribution is -0.131. The Balaban J connectivity index is 2.70. The minimum Gasteiger partial charge on any atom is -0.478 e. The molecule has 21 heavy (non-hydrogen) atoms. The van der Waals surface area contributed by atoms with Crippen LogP contribution < -0.4 is 0 Å². The summed E-state index contributed by atoms with van der Waals surface area (Å²) < 4.78 is 0. The third-order valence-corrected chi connectivity index (χ3v) is 3.74. The second-order valence-corrected chi connectivity index (χ2v) is 6.11. The van der Waals surface area contributed by atoms with E-state index in [-0.39, 0.29) is 5.41 Å². The topological polar surface area (TPSA) is 37.3 Å². The van der Waals surface area contributed by atoms with Crippen LogP contribution in [0.2, 0.25) is 0 Å². The highest BCUT2D eigenvalue weighted by Gasteiger charge is 2.26. The first-order valence-electron chi connectivity index (χ1n) is 7.28. The lowest BCUT2D eigenvalue weighted by Crippen LogP contribution is -2.18. The average Bonchev–Trinajstić information content (AvgIpc) is 2.34. The van der Waals surface area contributed by atoms with Crippen molar-refractivity contribution in [2.45, 2.75) is 47.0 Å². The van der Waals surface area contributed by atoms with Gasteiger partial charge in [-0.25, -0.2) is 4.79 Å². The maximum atomic E-state index is 10.4. The van der Waals surface area contributed by atoms with Gasteiger partial charge < -0.3 is 5.11 Å². The van der Waals surface area contributed by atoms with Crippen LogP contribution in [0.3, 0.4) is 0 Å². The van der Waals surface area contributed by atoms with Crippen LogP contribution in [-0.4, -0.2) is 11.1 Å². The Bertz CT molecular complexity index is 572. The number of aliphatic carboxylic acids is 1. The number of carboxylic acids is 1. The van der Waals surface area contributed by atoms with Crippen molar-refractivity contribution in [3.8, 4) is 11.8 Å². The Hall–Kier alpha value is -2.01. The van der Waals surface area contributed by atoms with E-state index in [1.165, 1.54) is 30.4 Å². The molecular formula is C19H24O2. The van der Waals surface area contributed by atoms with Crippen LogP contribution >= 0.6 is 0 Å². The fraction of sp³-hybridized carbons (Fsp3) is 0.421. The normalized spacial score (nSPS) is 19.0. The van der Waals surface area contributed by atoms with Gasteiger partial charge in [0.25, 0.3) is 0 Å². The van der Waals surface area contributed by atoms with Gasteiger partial charge in [-0.2, -0.15) is 0 Å². The van der Waals surface area contributed by atoms with Gasteiger partial charge in [-0.15, -0.1) is 0 Å². The quantitative estimate of drug-likeness (QED) is 0.465. The van der Waals surface area contributed by atoms with Gasteiger partial charge in [0.2, 0.25) is 0 Å². The molecule has 0 spiro atoms. The molecule has 0 aromatic carbocycles. The van der Waals surface area contributed by atoms with Crippen LogP contribution in [0.1, 0.15) is 47.0 Å². The summed E-state index contributed by atoms with van der Waals surface area (Å²) in [5.74, 6) is 4.93. The van der Waals surface area contributed by atoms with Crippen molar-refractivity contribution >= 4 is 5.97 Å². The molecule has 0 saturated heterocycles. The molecule has 0 radical (unpaired) electrons. The SMILES string of the molecule is CC1=C(/C=C/C#C/C=C/C(C)=C/C(=O)O)C(C)(C)CCC1. The maximum absolute atomic E-state index is 10.4. The first kappa shape index (κ1) is 17.0. The fourth-order valence-electron chi connectivity index (χ4n) is 2.65. The van der Waals surface area contributed by atoms with Gasteiger partial charge in [0, 0.05) is 6.08 Å². The molecule has 2 heteroatoms. The number of rotatable bonds is 3. The predicted octanol–water partition coefficient (Wildman–Crippen LogP) is 4.66. The van der Waals surface area contributed by atoms with E-state index in [1.54, 1.807) is 19.1 Å². The van der Waals surface area contributed by atoms with E-state index in [0.717, 1.165) is 6.08 Å².